The molecule has 37 heavy (non-hydrogen) atoms. The van der Waals surface area contributed by atoms with Gasteiger partial charge in [-0.1, -0.05) is 55.8 Å². The fourth-order valence-corrected chi connectivity index (χ4v) is 5.10. The summed E-state index contributed by atoms with van der Waals surface area (Å²) in [7, 11) is 0.552. The Hall–Kier alpha value is -2.03. The van der Waals surface area contributed by atoms with Crippen LogP contribution in [0.15, 0.2) is 18.2 Å². The molecule has 0 saturated carbocycles. The first-order valence-corrected chi connectivity index (χ1v) is 14.7. The van der Waals surface area contributed by atoms with Crippen molar-refractivity contribution in [3.05, 3.63) is 46.0 Å². The van der Waals surface area contributed by atoms with Crippen LogP contribution in [0.1, 0.15) is 88.6 Å². The van der Waals surface area contributed by atoms with E-state index in [4.69, 9.17) is 14.2 Å². The molecule has 0 unspecified atom stereocenters. The normalized spacial score (nSPS) is 12.1. The first kappa shape index (κ1) is 31.2. The topological polar surface area (TPSA) is 50.8 Å². The molecule has 0 amide bonds. The highest BCUT2D eigenvalue weighted by atomic mass is 31.1. The fourth-order valence-electron chi connectivity index (χ4n) is 3.96. The van der Waals surface area contributed by atoms with Gasteiger partial charge in [0.15, 0.2) is 0 Å². The molecule has 2 aromatic carbocycles. The van der Waals surface area contributed by atoms with E-state index in [1.807, 2.05) is 26.0 Å². The zero-order chi connectivity index (χ0) is 27.7. The first-order valence-electron chi connectivity index (χ1n) is 13.8. The Bertz CT molecular complexity index is 1020. The van der Waals surface area contributed by atoms with Crippen molar-refractivity contribution in [1.82, 2.24) is 0 Å². The van der Waals surface area contributed by atoms with Crippen LogP contribution in [0.2, 0.25) is 0 Å². The second kappa shape index (κ2) is 14.8. The maximum atomic E-state index is 13.8. The highest BCUT2D eigenvalue weighted by molar-refractivity contribution is 7.49. The van der Waals surface area contributed by atoms with E-state index in [2.05, 4.69) is 61.5 Å². The largest absolute Gasteiger partial charge is 0.823 e. The van der Waals surface area contributed by atoms with E-state index in [0.29, 0.717) is 57.3 Å². The van der Waals surface area contributed by atoms with Gasteiger partial charge in [0.2, 0.25) is 0 Å². The van der Waals surface area contributed by atoms with Gasteiger partial charge in [-0.15, -0.1) is 5.48 Å². The molecule has 0 atom stereocenters. The van der Waals surface area contributed by atoms with E-state index in [9.17, 15) is 5.11 Å². The molecule has 0 radical (unpaired) electrons. The summed E-state index contributed by atoms with van der Waals surface area (Å²) < 4.78 is 18.7. The predicted molar refractivity (Wildman–Crippen MR) is 157 cm³/mol. The van der Waals surface area contributed by atoms with Crippen LogP contribution in [-0.2, 0) is 0 Å². The van der Waals surface area contributed by atoms with Crippen molar-refractivity contribution in [1.29, 1.82) is 0 Å². The van der Waals surface area contributed by atoms with Crippen LogP contribution in [0, 0.1) is 45.4 Å². The van der Waals surface area contributed by atoms with Crippen molar-refractivity contribution in [2.75, 3.05) is 19.8 Å². The number of hydrogen-bond donors (Lipinski definition) is 0. The van der Waals surface area contributed by atoms with Crippen LogP contribution in [0.3, 0.4) is 0 Å². The standard InChI is InChI=1S/C32H49O4P/c1-20(2)11-14-34-27-18-28(35-15-12-21(3)4)31(29(19-27)36-16-13-22(5)6)37-32(33)30-24(8)17-23(7)25(9)26(30)10/h17-22,33H,11-16H2,1-10H3/p-1. The summed E-state index contributed by atoms with van der Waals surface area (Å²) in [5.74, 6) is 3.69. The minimum atomic E-state index is 0.0639. The van der Waals surface area contributed by atoms with Gasteiger partial charge in [0, 0.05) is 12.1 Å². The number of ether oxygens (including phenoxy) is 3. The Morgan fingerprint density at radius 2 is 1.14 bits per heavy atom. The molecule has 0 saturated heterocycles. The summed E-state index contributed by atoms with van der Waals surface area (Å²) in [6.45, 7) is 23.2. The number of aryl methyl sites for hydroxylation is 2. The Morgan fingerprint density at radius 1 is 0.676 bits per heavy atom. The van der Waals surface area contributed by atoms with Gasteiger partial charge in [-0.3, -0.25) is 0 Å². The maximum absolute atomic E-state index is 13.8. The van der Waals surface area contributed by atoms with Gasteiger partial charge in [-0.05, 0) is 92.5 Å². The maximum Gasteiger partial charge on any atom is 0.138 e. The van der Waals surface area contributed by atoms with Gasteiger partial charge in [0.1, 0.15) is 17.2 Å². The number of benzene rings is 2. The lowest BCUT2D eigenvalue weighted by Crippen LogP contribution is -2.22. The summed E-state index contributed by atoms with van der Waals surface area (Å²) in [5.41, 5.74) is 5.29. The van der Waals surface area contributed by atoms with Crippen LogP contribution in [0.5, 0.6) is 17.2 Å². The molecule has 0 aliphatic rings. The Morgan fingerprint density at radius 3 is 1.59 bits per heavy atom. The second-order valence-electron chi connectivity index (χ2n) is 11.4. The predicted octanol–water partition coefficient (Wildman–Crippen LogP) is 7.30. The molecule has 206 valence electrons. The Balaban J connectivity index is 2.60. The highest BCUT2D eigenvalue weighted by Gasteiger charge is 2.16. The lowest BCUT2D eigenvalue weighted by atomic mass is 9.95. The SMILES string of the molecule is Cc1cc(C)c(C([O-])=Pc2c(OCCC(C)C)cc(OCCC(C)C)cc2OCCC(C)C)c(C)c1C. The van der Waals surface area contributed by atoms with Crippen molar-refractivity contribution in [2.24, 2.45) is 17.8 Å². The van der Waals surface area contributed by atoms with Crippen molar-refractivity contribution in [2.45, 2.75) is 88.5 Å². The van der Waals surface area contributed by atoms with Gasteiger partial charge < -0.3 is 19.3 Å². The van der Waals surface area contributed by atoms with Gasteiger partial charge in [0.25, 0.3) is 0 Å². The molecule has 5 heteroatoms. The highest BCUT2D eigenvalue weighted by Crippen LogP contribution is 2.32. The van der Waals surface area contributed by atoms with Crippen LogP contribution >= 0.6 is 8.20 Å². The lowest BCUT2D eigenvalue weighted by Gasteiger charge is -2.23. The summed E-state index contributed by atoms with van der Waals surface area (Å²) in [5, 5.41) is 14.5. The molecular formula is C32H48O4P-. The van der Waals surface area contributed by atoms with Crippen molar-refractivity contribution < 1.29 is 19.3 Å². The van der Waals surface area contributed by atoms with Crippen LogP contribution < -0.4 is 24.6 Å². The minimum absolute atomic E-state index is 0.0639. The minimum Gasteiger partial charge on any atom is -0.823 e. The molecule has 0 N–H and O–H groups in total. The lowest BCUT2D eigenvalue weighted by molar-refractivity contribution is -0.207. The molecule has 2 aromatic rings. The van der Waals surface area contributed by atoms with Gasteiger partial charge in [0.05, 0.1) is 25.1 Å². The fraction of sp³-hybridized carbons (Fsp3) is 0.594. The van der Waals surface area contributed by atoms with Crippen molar-refractivity contribution in [3.63, 3.8) is 0 Å². The molecule has 0 aliphatic carbocycles. The number of rotatable bonds is 14. The molecular weight excluding hydrogens is 479 g/mol. The van der Waals surface area contributed by atoms with Gasteiger partial charge in [-0.2, -0.15) is 0 Å². The monoisotopic (exact) mass is 527 g/mol. The average Bonchev–Trinajstić information content (AvgIpc) is 2.78. The average molecular weight is 528 g/mol. The smallest absolute Gasteiger partial charge is 0.138 e. The van der Waals surface area contributed by atoms with Gasteiger partial charge in [-0.25, -0.2) is 0 Å². The van der Waals surface area contributed by atoms with Gasteiger partial charge >= 0.3 is 0 Å². The Kier molecular flexibility index (Phi) is 12.5. The molecule has 0 heterocycles. The summed E-state index contributed by atoms with van der Waals surface area (Å²) >= 11 is 0. The zero-order valence-electron chi connectivity index (χ0n) is 24.8. The quantitative estimate of drug-likeness (QED) is 0.242. The van der Waals surface area contributed by atoms with Crippen LogP contribution in [-0.4, -0.2) is 25.3 Å². The summed E-state index contributed by atoms with van der Waals surface area (Å²) in [6, 6.07) is 5.98. The third-order valence-electron chi connectivity index (χ3n) is 6.67. The van der Waals surface area contributed by atoms with Crippen LogP contribution in [0.25, 0.3) is 0 Å². The van der Waals surface area contributed by atoms with E-state index < -0.39 is 0 Å². The summed E-state index contributed by atoms with van der Waals surface area (Å²) in [4.78, 5) is 0. The van der Waals surface area contributed by atoms with E-state index >= 15 is 0 Å². The first-order chi connectivity index (χ1) is 17.4. The molecule has 0 fully saturated rings. The molecule has 0 aromatic heterocycles. The van der Waals surface area contributed by atoms with Crippen LogP contribution in [0.4, 0.5) is 0 Å². The third-order valence-corrected chi connectivity index (χ3v) is 7.76. The second-order valence-corrected chi connectivity index (χ2v) is 12.5. The molecule has 0 spiro atoms. The van der Waals surface area contributed by atoms with Crippen molar-refractivity contribution >= 4 is 19.0 Å². The molecule has 0 bridgehead atoms. The Labute approximate surface area is 227 Å². The zero-order valence-corrected chi connectivity index (χ0v) is 25.7. The molecule has 4 nitrogen and oxygen atoms in total. The van der Waals surface area contributed by atoms with E-state index in [-0.39, 0.29) is 5.48 Å². The molecule has 2 rings (SSSR count). The van der Waals surface area contributed by atoms with E-state index in [1.54, 1.807) is 0 Å². The molecule has 0 aliphatic heterocycles. The third kappa shape index (κ3) is 9.65. The van der Waals surface area contributed by atoms with E-state index in [0.717, 1.165) is 47.0 Å². The number of hydrogen-bond acceptors (Lipinski definition) is 4. The summed E-state index contributed by atoms with van der Waals surface area (Å²) in [6.07, 6.45) is 2.83. The van der Waals surface area contributed by atoms with E-state index in [1.165, 1.54) is 11.1 Å². The van der Waals surface area contributed by atoms with Crippen molar-refractivity contribution in [3.8, 4) is 17.2 Å².